The Hall–Kier alpha value is -1.90. The molecule has 1 fully saturated rings. The van der Waals surface area contributed by atoms with Gasteiger partial charge in [-0.2, -0.15) is 5.10 Å². The molecule has 1 saturated heterocycles. The maximum Gasteiger partial charge on any atom is 0.270 e. The van der Waals surface area contributed by atoms with Crippen molar-refractivity contribution < 1.29 is 9.59 Å². The fourth-order valence-corrected chi connectivity index (χ4v) is 3.77. The Morgan fingerprint density at radius 2 is 2.07 bits per heavy atom. The fraction of sp³-hybridized carbons (Fsp3) is 0.389. The van der Waals surface area contributed by atoms with Crippen molar-refractivity contribution in [1.29, 1.82) is 0 Å². The number of nitrogens with zero attached hydrogens (tertiary/aromatic N) is 2. The van der Waals surface area contributed by atoms with Crippen molar-refractivity contribution in [2.24, 2.45) is 0 Å². The van der Waals surface area contributed by atoms with Crippen LogP contribution in [0.4, 0.5) is 5.82 Å². The average Bonchev–Trinajstić information content (AvgIpc) is 2.86. The third kappa shape index (κ3) is 4.88. The number of anilines is 1. The molecule has 144 valence electrons. The molecule has 0 saturated carbocycles. The molecule has 3 rings (SSSR count). The van der Waals surface area contributed by atoms with Gasteiger partial charge in [0.1, 0.15) is 5.69 Å². The molecule has 0 aliphatic carbocycles. The van der Waals surface area contributed by atoms with Crippen LogP contribution in [0.15, 0.2) is 28.7 Å². The summed E-state index contributed by atoms with van der Waals surface area (Å²) in [5, 5.41) is 12.8. The zero-order chi connectivity index (χ0) is 19.4. The number of likely N-dealkylation sites (tertiary alicyclic amines) is 1. The number of nitrogens with one attached hydrogen (secondary N) is 3. The summed E-state index contributed by atoms with van der Waals surface area (Å²) in [5.41, 5.74) is 0.609. The van der Waals surface area contributed by atoms with Crippen LogP contribution in [0.25, 0.3) is 0 Å². The smallest absolute Gasteiger partial charge is 0.270 e. The first-order valence-electron chi connectivity index (χ1n) is 8.75. The lowest BCUT2D eigenvalue weighted by atomic mass is 10.1. The van der Waals surface area contributed by atoms with Gasteiger partial charge in [0.05, 0.1) is 15.1 Å². The zero-order valence-corrected chi connectivity index (χ0v) is 17.2. The number of halogens is 2. The SMILES string of the molecule is CN1CCCCC(NC(=O)c2[nH]nc(NC(=O)c3ccccc3Cl)c2Br)C1. The van der Waals surface area contributed by atoms with E-state index in [-0.39, 0.29) is 23.5 Å². The average molecular weight is 455 g/mol. The molecular formula is C18H21BrClN5O2. The molecule has 27 heavy (non-hydrogen) atoms. The van der Waals surface area contributed by atoms with E-state index >= 15 is 0 Å². The van der Waals surface area contributed by atoms with Crippen LogP contribution in [-0.4, -0.2) is 53.1 Å². The molecule has 1 aliphatic heterocycles. The van der Waals surface area contributed by atoms with E-state index < -0.39 is 5.91 Å². The molecular weight excluding hydrogens is 434 g/mol. The first kappa shape index (κ1) is 19.9. The van der Waals surface area contributed by atoms with Crippen molar-refractivity contribution in [3.8, 4) is 0 Å². The molecule has 1 atom stereocenters. The minimum Gasteiger partial charge on any atom is -0.347 e. The summed E-state index contributed by atoms with van der Waals surface area (Å²) in [5.74, 6) is -0.416. The number of carbonyl (C=O) groups excluding carboxylic acids is 2. The van der Waals surface area contributed by atoms with E-state index in [0.717, 1.165) is 32.4 Å². The van der Waals surface area contributed by atoms with E-state index in [1.165, 1.54) is 0 Å². The van der Waals surface area contributed by atoms with Crippen molar-refractivity contribution in [2.45, 2.75) is 25.3 Å². The molecule has 1 aromatic carbocycles. The molecule has 0 bridgehead atoms. The highest BCUT2D eigenvalue weighted by molar-refractivity contribution is 9.10. The Labute approximate surface area is 171 Å². The lowest BCUT2D eigenvalue weighted by Crippen LogP contribution is -2.41. The quantitative estimate of drug-likeness (QED) is 0.661. The maximum absolute atomic E-state index is 12.6. The minimum atomic E-state index is -0.398. The van der Waals surface area contributed by atoms with E-state index in [2.05, 4.69) is 48.7 Å². The number of aromatic nitrogens is 2. The van der Waals surface area contributed by atoms with Gasteiger partial charge in [-0.05, 0) is 54.5 Å². The molecule has 7 nitrogen and oxygen atoms in total. The second-order valence-corrected chi connectivity index (χ2v) is 7.82. The predicted octanol–water partition coefficient (Wildman–Crippen LogP) is 3.29. The lowest BCUT2D eigenvalue weighted by Gasteiger charge is -2.20. The Balaban J connectivity index is 1.68. The molecule has 0 radical (unpaired) electrons. The summed E-state index contributed by atoms with van der Waals surface area (Å²) < 4.78 is 0.405. The summed E-state index contributed by atoms with van der Waals surface area (Å²) in [6, 6.07) is 6.81. The van der Waals surface area contributed by atoms with Crippen LogP contribution in [-0.2, 0) is 0 Å². The number of aromatic amines is 1. The maximum atomic E-state index is 12.6. The third-order valence-corrected chi connectivity index (χ3v) is 5.60. The molecule has 1 unspecified atom stereocenters. The molecule has 0 spiro atoms. The number of amides is 2. The highest BCUT2D eigenvalue weighted by Gasteiger charge is 2.23. The number of H-pyrrole nitrogens is 1. The highest BCUT2D eigenvalue weighted by atomic mass is 79.9. The third-order valence-electron chi connectivity index (χ3n) is 4.49. The Kier molecular flexibility index (Phi) is 6.51. The van der Waals surface area contributed by atoms with E-state index in [4.69, 9.17) is 11.6 Å². The van der Waals surface area contributed by atoms with Crippen molar-refractivity contribution in [3.05, 3.63) is 45.0 Å². The molecule has 1 aromatic heterocycles. The molecule has 2 aromatic rings. The number of carbonyl (C=O) groups is 2. The summed E-state index contributed by atoms with van der Waals surface area (Å²) in [7, 11) is 2.05. The van der Waals surface area contributed by atoms with Crippen LogP contribution < -0.4 is 10.6 Å². The topological polar surface area (TPSA) is 90.1 Å². The summed E-state index contributed by atoms with van der Waals surface area (Å²) in [6.07, 6.45) is 3.16. The van der Waals surface area contributed by atoms with Crippen LogP contribution in [0.1, 0.15) is 40.1 Å². The van der Waals surface area contributed by atoms with E-state index in [1.807, 2.05) is 0 Å². The van der Waals surface area contributed by atoms with Crippen LogP contribution in [0.5, 0.6) is 0 Å². The van der Waals surface area contributed by atoms with Gasteiger partial charge in [0, 0.05) is 12.6 Å². The van der Waals surface area contributed by atoms with Gasteiger partial charge in [-0.25, -0.2) is 0 Å². The number of hydrogen-bond acceptors (Lipinski definition) is 4. The summed E-state index contributed by atoms with van der Waals surface area (Å²) >= 11 is 9.40. The van der Waals surface area contributed by atoms with Crippen LogP contribution in [0.3, 0.4) is 0 Å². The van der Waals surface area contributed by atoms with Crippen LogP contribution in [0.2, 0.25) is 5.02 Å². The number of rotatable bonds is 4. The molecule has 1 aliphatic rings. The minimum absolute atomic E-state index is 0.0846. The van der Waals surface area contributed by atoms with Gasteiger partial charge in [0.25, 0.3) is 11.8 Å². The van der Waals surface area contributed by atoms with E-state index in [9.17, 15) is 9.59 Å². The largest absolute Gasteiger partial charge is 0.347 e. The molecule has 2 heterocycles. The van der Waals surface area contributed by atoms with Gasteiger partial charge in [-0.3, -0.25) is 14.7 Å². The summed E-state index contributed by atoms with van der Waals surface area (Å²) in [6.45, 7) is 1.85. The standard InChI is InChI=1S/C18H21BrClN5O2/c1-25-9-5-4-6-11(10-25)21-18(27)15-14(19)16(24-23-15)22-17(26)12-7-2-3-8-13(12)20/h2-3,7-8,11H,4-6,9-10H2,1H3,(H,21,27)(H2,22,23,24,26). The Morgan fingerprint density at radius 1 is 1.30 bits per heavy atom. The van der Waals surface area contributed by atoms with Gasteiger partial charge in [-0.15, -0.1) is 0 Å². The fourth-order valence-electron chi connectivity index (χ4n) is 3.09. The second-order valence-electron chi connectivity index (χ2n) is 6.62. The predicted molar refractivity (Wildman–Crippen MR) is 108 cm³/mol. The summed E-state index contributed by atoms with van der Waals surface area (Å²) in [4.78, 5) is 27.2. The van der Waals surface area contributed by atoms with Gasteiger partial charge in [-0.1, -0.05) is 30.2 Å². The number of hydrogen-bond donors (Lipinski definition) is 3. The first-order chi connectivity index (χ1) is 13.0. The van der Waals surface area contributed by atoms with Crippen LogP contribution in [0, 0.1) is 0 Å². The van der Waals surface area contributed by atoms with Crippen molar-refractivity contribution in [1.82, 2.24) is 20.4 Å². The highest BCUT2D eigenvalue weighted by Crippen LogP contribution is 2.25. The van der Waals surface area contributed by atoms with E-state index in [0.29, 0.717) is 15.1 Å². The Morgan fingerprint density at radius 3 is 2.85 bits per heavy atom. The van der Waals surface area contributed by atoms with E-state index in [1.54, 1.807) is 24.3 Å². The molecule has 9 heteroatoms. The van der Waals surface area contributed by atoms with Gasteiger partial charge in [0.2, 0.25) is 0 Å². The number of likely N-dealkylation sites (N-methyl/N-ethyl adjacent to an activating group) is 1. The normalized spacial score (nSPS) is 18.0. The van der Waals surface area contributed by atoms with Gasteiger partial charge in [0.15, 0.2) is 5.82 Å². The molecule has 3 N–H and O–H groups in total. The van der Waals surface area contributed by atoms with Crippen molar-refractivity contribution >= 4 is 45.2 Å². The van der Waals surface area contributed by atoms with Gasteiger partial charge < -0.3 is 15.5 Å². The monoisotopic (exact) mass is 453 g/mol. The second kappa shape index (κ2) is 8.86. The lowest BCUT2D eigenvalue weighted by molar-refractivity contribution is 0.0922. The Bertz CT molecular complexity index is 841. The first-order valence-corrected chi connectivity index (χ1v) is 9.92. The van der Waals surface area contributed by atoms with Gasteiger partial charge >= 0.3 is 0 Å². The zero-order valence-electron chi connectivity index (χ0n) is 14.9. The van der Waals surface area contributed by atoms with Crippen molar-refractivity contribution in [3.63, 3.8) is 0 Å². The van der Waals surface area contributed by atoms with Crippen molar-refractivity contribution in [2.75, 3.05) is 25.5 Å². The molecule has 2 amide bonds. The number of benzene rings is 1. The van der Waals surface area contributed by atoms with Crippen LogP contribution >= 0.6 is 27.5 Å².